The number of thioether (sulfide) groups is 2. The van der Waals surface area contributed by atoms with Gasteiger partial charge in [-0.25, -0.2) is 14.6 Å². The summed E-state index contributed by atoms with van der Waals surface area (Å²) in [4.78, 5) is 58.8. The number of phenolic OH excluding ortho intramolecular Hbond substituents is 2. The van der Waals surface area contributed by atoms with Gasteiger partial charge in [-0.3, -0.25) is 14.5 Å². The van der Waals surface area contributed by atoms with Crippen LogP contribution < -0.4 is 11.1 Å². The maximum atomic E-state index is 13.1. The molecule has 0 bridgehead atoms. The number of aromatic hydroxyl groups is 2. The number of carbonyl (C=O) groups excluding carboxylic acids is 2. The molecular weight excluding hydrogens is 630 g/mol. The minimum absolute atomic E-state index is 0.00198. The number of amides is 2. The third kappa shape index (κ3) is 6.20. The van der Waals surface area contributed by atoms with Crippen molar-refractivity contribution in [3.63, 3.8) is 0 Å². The highest BCUT2D eigenvalue weighted by atomic mass is 32.2. The van der Waals surface area contributed by atoms with Crippen molar-refractivity contribution in [3.8, 4) is 23.0 Å². The van der Waals surface area contributed by atoms with Crippen molar-refractivity contribution in [1.29, 1.82) is 0 Å². The first-order valence-electron chi connectivity index (χ1n) is 11.9. The minimum Gasteiger partial charge on any atom is -0.504 e. The molecule has 2 amide bonds. The number of phenols is 2. The number of nitrogens with one attached hydrogen (secondary N) is 1. The zero-order chi connectivity index (χ0) is 30.8. The third-order valence-corrected chi connectivity index (χ3v) is 8.78. The highest BCUT2D eigenvalue weighted by Crippen LogP contribution is 2.42. The van der Waals surface area contributed by atoms with Crippen LogP contribution in [0.15, 0.2) is 49.6 Å². The molecule has 0 unspecified atom stereocenters. The van der Waals surface area contributed by atoms with E-state index in [1.807, 2.05) is 0 Å². The highest BCUT2D eigenvalue weighted by Gasteiger charge is 2.54. The van der Waals surface area contributed by atoms with Crippen LogP contribution >= 0.6 is 34.9 Å². The van der Waals surface area contributed by atoms with Gasteiger partial charge >= 0.3 is 11.9 Å². The monoisotopic (exact) mass is 649 g/mol. The van der Waals surface area contributed by atoms with Crippen LogP contribution in [0.25, 0.3) is 11.5 Å². The van der Waals surface area contributed by atoms with Gasteiger partial charge in [0.15, 0.2) is 22.3 Å². The molecule has 43 heavy (non-hydrogen) atoms. The molecule has 1 aromatic carbocycles. The summed E-state index contributed by atoms with van der Waals surface area (Å²) in [6, 6.07) is 2.86. The van der Waals surface area contributed by atoms with Crippen LogP contribution in [0.5, 0.6) is 11.5 Å². The summed E-state index contributed by atoms with van der Waals surface area (Å²) < 4.78 is 5.57. The second-order valence-corrected chi connectivity index (χ2v) is 11.6. The van der Waals surface area contributed by atoms with Crippen molar-refractivity contribution in [2.24, 2.45) is 5.16 Å². The van der Waals surface area contributed by atoms with Crippen molar-refractivity contribution in [2.45, 2.75) is 16.6 Å². The van der Waals surface area contributed by atoms with Crippen LogP contribution in [-0.4, -0.2) is 99.5 Å². The lowest BCUT2D eigenvalue weighted by atomic mass is 10.0. The number of aromatic nitrogens is 3. The SMILES string of the molecule is Nc1nc(C(=NOCC(=O)O)C(=O)N[C@@H]2C(=O)N3C(C(=O)O)=C(CSc4nnc(-c5ccc(O)c(O)c5)o4)CS[C@H]23)cs1. The maximum Gasteiger partial charge on any atom is 0.352 e. The Morgan fingerprint density at radius 3 is 2.70 bits per heavy atom. The maximum absolute atomic E-state index is 13.1. The molecule has 0 radical (unpaired) electrons. The van der Waals surface area contributed by atoms with Gasteiger partial charge in [0.25, 0.3) is 17.0 Å². The van der Waals surface area contributed by atoms with Crippen LogP contribution in [0.1, 0.15) is 5.69 Å². The zero-order valence-electron chi connectivity index (χ0n) is 21.4. The first-order chi connectivity index (χ1) is 20.5. The Hall–Kier alpha value is -4.82. The predicted molar refractivity (Wildman–Crippen MR) is 150 cm³/mol. The summed E-state index contributed by atoms with van der Waals surface area (Å²) in [5.41, 5.74) is 5.75. The molecule has 2 aromatic heterocycles. The molecule has 0 aliphatic carbocycles. The number of hydrogen-bond donors (Lipinski definition) is 6. The summed E-state index contributed by atoms with van der Waals surface area (Å²) in [6.07, 6.45) is 0. The average molecular weight is 650 g/mol. The summed E-state index contributed by atoms with van der Waals surface area (Å²) in [5, 5.41) is 52.6. The molecule has 2 aliphatic heterocycles. The Bertz CT molecular complexity index is 1690. The van der Waals surface area contributed by atoms with E-state index in [1.54, 1.807) is 0 Å². The summed E-state index contributed by atoms with van der Waals surface area (Å²) in [6.45, 7) is -0.829. The number of carboxylic acids is 2. The number of nitrogen functional groups attached to an aromatic ring is 1. The molecule has 1 saturated heterocycles. The summed E-state index contributed by atoms with van der Waals surface area (Å²) in [7, 11) is 0. The van der Waals surface area contributed by atoms with Crippen LogP contribution in [0.2, 0.25) is 0 Å². The first kappa shape index (κ1) is 29.7. The van der Waals surface area contributed by atoms with Gasteiger partial charge in [-0.15, -0.1) is 33.3 Å². The smallest absolute Gasteiger partial charge is 0.352 e. The van der Waals surface area contributed by atoms with Gasteiger partial charge < -0.3 is 40.7 Å². The van der Waals surface area contributed by atoms with Crippen molar-refractivity contribution >= 4 is 69.5 Å². The second kappa shape index (κ2) is 12.2. The number of thiazole rings is 1. The van der Waals surface area contributed by atoms with Crippen LogP contribution in [-0.2, 0) is 24.0 Å². The fraction of sp³-hybridized carbons (Fsp3) is 0.217. The fourth-order valence-electron chi connectivity index (χ4n) is 3.95. The number of benzene rings is 1. The summed E-state index contributed by atoms with van der Waals surface area (Å²) >= 11 is 3.27. The van der Waals surface area contributed by atoms with Gasteiger partial charge in [0.2, 0.25) is 12.5 Å². The standard InChI is InChI=1S/C23H19N7O10S3/c24-22-25-10(7-42-22)14(29-39-4-13(33)34)17(35)26-15-19(36)30-16(21(37)38)9(5-41-20(15)30)6-43-23-28-27-18(40-23)8-1-2-11(31)12(32)3-8/h1-3,7,15,20,31-32H,4-6H2,(H2,24,25)(H,26,35)(H,33,34)(H,37,38)/t15-,20-/m1/s1. The van der Waals surface area contributed by atoms with Crippen LogP contribution in [0.3, 0.4) is 0 Å². The molecule has 0 spiro atoms. The van der Waals surface area contributed by atoms with E-state index in [2.05, 4.69) is 25.7 Å². The Morgan fingerprint density at radius 1 is 1.23 bits per heavy atom. The molecular formula is C23H19N7O10S3. The molecule has 2 atom stereocenters. The Balaban J connectivity index is 1.28. The van der Waals surface area contributed by atoms with Gasteiger partial charge in [0, 0.05) is 22.4 Å². The number of rotatable bonds is 11. The fourth-order valence-corrected chi connectivity index (χ4v) is 6.74. The number of β-lactam (4-membered cyclic amide) rings is 1. The van der Waals surface area contributed by atoms with E-state index in [4.69, 9.17) is 20.1 Å². The molecule has 7 N–H and O–H groups in total. The van der Waals surface area contributed by atoms with E-state index in [0.29, 0.717) is 11.1 Å². The molecule has 0 saturated carbocycles. The molecule has 17 nitrogen and oxygen atoms in total. The van der Waals surface area contributed by atoms with Gasteiger partial charge in [0.05, 0.1) is 0 Å². The number of hydrogen-bond acceptors (Lipinski definition) is 16. The molecule has 4 heterocycles. The highest BCUT2D eigenvalue weighted by molar-refractivity contribution is 8.01. The number of nitrogens with two attached hydrogens (primary N) is 1. The number of aliphatic carboxylic acids is 2. The minimum atomic E-state index is -1.34. The molecule has 2 aliphatic rings. The molecule has 20 heteroatoms. The number of oxime groups is 1. The van der Waals surface area contributed by atoms with E-state index >= 15 is 0 Å². The number of carboxylic acid groups (broad SMARTS) is 2. The van der Waals surface area contributed by atoms with E-state index in [1.165, 1.54) is 35.3 Å². The number of anilines is 1. The third-order valence-electron chi connectivity index (χ3n) is 5.86. The lowest BCUT2D eigenvalue weighted by Crippen LogP contribution is -2.71. The summed E-state index contributed by atoms with van der Waals surface area (Å²) in [5.74, 6) is -4.57. The van der Waals surface area contributed by atoms with Crippen molar-refractivity contribution in [1.82, 2.24) is 25.4 Å². The molecule has 1 fully saturated rings. The normalized spacial score (nSPS) is 18.2. The van der Waals surface area contributed by atoms with Crippen molar-refractivity contribution in [3.05, 3.63) is 40.5 Å². The second-order valence-electron chi connectivity index (χ2n) is 8.66. The van der Waals surface area contributed by atoms with Gasteiger partial charge in [-0.05, 0) is 23.8 Å². The van der Waals surface area contributed by atoms with Crippen LogP contribution in [0, 0.1) is 0 Å². The Kier molecular flexibility index (Phi) is 8.41. The Morgan fingerprint density at radius 2 is 2.02 bits per heavy atom. The number of fused-ring (bicyclic) bond motifs is 1. The molecule has 224 valence electrons. The lowest BCUT2D eigenvalue weighted by molar-refractivity contribution is -0.150. The topological polar surface area (TPSA) is 264 Å². The first-order valence-corrected chi connectivity index (χ1v) is 14.8. The van der Waals surface area contributed by atoms with Crippen molar-refractivity contribution in [2.75, 3.05) is 23.8 Å². The lowest BCUT2D eigenvalue weighted by Gasteiger charge is -2.49. The van der Waals surface area contributed by atoms with Gasteiger partial charge in [0.1, 0.15) is 22.8 Å². The quantitative estimate of drug-likeness (QED) is 0.0543. The predicted octanol–water partition coefficient (Wildman–Crippen LogP) is 0.523. The Labute approximate surface area is 252 Å². The average Bonchev–Trinajstić information content (AvgIpc) is 3.62. The van der Waals surface area contributed by atoms with Gasteiger partial charge in [-0.1, -0.05) is 16.9 Å². The number of nitrogens with zero attached hydrogens (tertiary/aromatic N) is 5. The van der Waals surface area contributed by atoms with Crippen LogP contribution in [0.4, 0.5) is 5.13 Å². The molecule has 3 aromatic rings. The van der Waals surface area contributed by atoms with E-state index in [0.717, 1.165) is 28.0 Å². The van der Waals surface area contributed by atoms with E-state index < -0.39 is 47.5 Å². The van der Waals surface area contributed by atoms with Crippen molar-refractivity contribution < 1.29 is 48.9 Å². The van der Waals surface area contributed by atoms with E-state index in [9.17, 15) is 34.5 Å². The largest absolute Gasteiger partial charge is 0.504 e. The van der Waals surface area contributed by atoms with Gasteiger partial charge in [-0.2, -0.15) is 0 Å². The zero-order valence-corrected chi connectivity index (χ0v) is 23.8. The van der Waals surface area contributed by atoms with E-state index in [-0.39, 0.29) is 50.6 Å². The number of carbonyl (C=O) groups is 4. The molecule has 5 rings (SSSR count).